The molecule has 1 atom stereocenters. The molecule has 2 amide bonds. The second-order valence-electron chi connectivity index (χ2n) is 7.77. The summed E-state index contributed by atoms with van der Waals surface area (Å²) in [6.07, 6.45) is 0.739. The van der Waals surface area contributed by atoms with Crippen molar-refractivity contribution in [2.75, 3.05) is 13.1 Å². The summed E-state index contributed by atoms with van der Waals surface area (Å²) in [4.78, 5) is 26.7. The van der Waals surface area contributed by atoms with Crippen LogP contribution in [0.25, 0.3) is 0 Å². The van der Waals surface area contributed by atoms with Crippen molar-refractivity contribution in [3.63, 3.8) is 0 Å². The van der Waals surface area contributed by atoms with Crippen LogP contribution in [0, 0.1) is 11.3 Å². The fourth-order valence-corrected chi connectivity index (χ4v) is 4.23. The number of rotatable bonds is 4. The number of aromatic amines is 1. The van der Waals surface area contributed by atoms with Gasteiger partial charge in [0.05, 0.1) is 17.3 Å². The number of H-pyrrole nitrogens is 1. The van der Waals surface area contributed by atoms with Crippen molar-refractivity contribution in [1.29, 1.82) is 0 Å². The van der Waals surface area contributed by atoms with Gasteiger partial charge in [-0.3, -0.25) is 14.7 Å². The van der Waals surface area contributed by atoms with Gasteiger partial charge in [-0.2, -0.15) is 18.3 Å². The Morgan fingerprint density at radius 1 is 1.24 bits per heavy atom. The first-order valence-electron chi connectivity index (χ1n) is 9.51. The Morgan fingerprint density at radius 2 is 1.97 bits per heavy atom. The molecule has 9 heteroatoms. The van der Waals surface area contributed by atoms with Crippen molar-refractivity contribution >= 4 is 11.8 Å². The molecular formula is C20H21F3N4O2. The van der Waals surface area contributed by atoms with Crippen LogP contribution in [0.5, 0.6) is 0 Å². The van der Waals surface area contributed by atoms with Gasteiger partial charge in [-0.25, -0.2) is 0 Å². The molecule has 2 aliphatic rings. The molecule has 1 aromatic heterocycles. The van der Waals surface area contributed by atoms with Crippen LogP contribution in [0.2, 0.25) is 0 Å². The molecule has 2 N–H and O–H groups in total. The van der Waals surface area contributed by atoms with Gasteiger partial charge in [0.15, 0.2) is 0 Å². The minimum atomic E-state index is -4.45. The van der Waals surface area contributed by atoms with Gasteiger partial charge in [0.2, 0.25) is 5.91 Å². The number of halogens is 3. The summed E-state index contributed by atoms with van der Waals surface area (Å²) in [5, 5.41) is 9.07. The standard InChI is InChI=1S/C20H21F3N4O2/c21-20(22,23)15-4-2-1-3-13(15)10-24-17(28)16-9-19(16)5-7-27(8-6-19)18(29)14-11-25-26-12-14/h1-4,11-12,16H,5-10H2,(H,24,28)(H,25,26)/t16-/m0/s1. The highest BCUT2D eigenvalue weighted by atomic mass is 19.4. The second-order valence-corrected chi connectivity index (χ2v) is 7.77. The molecule has 2 aromatic rings. The molecule has 0 unspecified atom stereocenters. The number of carbonyl (C=O) groups is 2. The van der Waals surface area contributed by atoms with E-state index in [1.165, 1.54) is 24.4 Å². The van der Waals surface area contributed by atoms with Gasteiger partial charge in [0, 0.05) is 31.7 Å². The van der Waals surface area contributed by atoms with Crippen molar-refractivity contribution in [2.24, 2.45) is 11.3 Å². The molecule has 1 saturated heterocycles. The van der Waals surface area contributed by atoms with Crippen molar-refractivity contribution < 1.29 is 22.8 Å². The first-order valence-corrected chi connectivity index (χ1v) is 9.51. The van der Waals surface area contributed by atoms with Crippen LogP contribution >= 0.6 is 0 Å². The largest absolute Gasteiger partial charge is 0.416 e. The molecule has 1 saturated carbocycles. The Hall–Kier alpha value is -2.84. The first-order chi connectivity index (χ1) is 13.8. The third-order valence-corrected chi connectivity index (χ3v) is 6.07. The Kier molecular flexibility index (Phi) is 4.84. The summed E-state index contributed by atoms with van der Waals surface area (Å²) in [6, 6.07) is 5.27. The van der Waals surface area contributed by atoms with E-state index in [1.807, 2.05) is 0 Å². The average Bonchev–Trinajstić information content (AvgIpc) is 3.14. The molecule has 2 heterocycles. The minimum Gasteiger partial charge on any atom is -0.352 e. The zero-order valence-corrected chi connectivity index (χ0v) is 15.6. The maximum Gasteiger partial charge on any atom is 0.416 e. The highest BCUT2D eigenvalue weighted by molar-refractivity contribution is 5.93. The predicted molar refractivity (Wildman–Crippen MR) is 97.6 cm³/mol. The number of amides is 2. The normalized spacial score (nSPS) is 20.5. The quantitative estimate of drug-likeness (QED) is 0.820. The number of nitrogens with one attached hydrogen (secondary N) is 2. The van der Waals surface area contributed by atoms with Crippen LogP contribution in [0.15, 0.2) is 36.7 Å². The molecule has 2 fully saturated rings. The van der Waals surface area contributed by atoms with Gasteiger partial charge in [-0.1, -0.05) is 18.2 Å². The maximum absolute atomic E-state index is 13.1. The molecular weight excluding hydrogens is 385 g/mol. The summed E-state index contributed by atoms with van der Waals surface area (Å²) in [5.41, 5.74) is -0.296. The summed E-state index contributed by atoms with van der Waals surface area (Å²) < 4.78 is 39.2. The van der Waals surface area contributed by atoms with E-state index in [-0.39, 0.29) is 35.3 Å². The van der Waals surface area contributed by atoms with Gasteiger partial charge < -0.3 is 10.2 Å². The van der Waals surface area contributed by atoms with Gasteiger partial charge in [0.1, 0.15) is 0 Å². The molecule has 1 aliphatic carbocycles. The van der Waals surface area contributed by atoms with E-state index in [9.17, 15) is 22.8 Å². The van der Waals surface area contributed by atoms with Gasteiger partial charge in [-0.05, 0) is 36.3 Å². The topological polar surface area (TPSA) is 78.1 Å². The molecule has 1 aliphatic heterocycles. The number of alkyl halides is 3. The summed E-state index contributed by atoms with van der Waals surface area (Å²) in [6.45, 7) is 0.974. The number of nitrogens with zero attached hydrogens (tertiary/aromatic N) is 2. The van der Waals surface area contributed by atoms with Crippen LogP contribution in [-0.4, -0.2) is 40.0 Å². The van der Waals surface area contributed by atoms with E-state index in [0.717, 1.165) is 6.07 Å². The Balaban J connectivity index is 1.31. The number of hydrogen-bond acceptors (Lipinski definition) is 3. The highest BCUT2D eigenvalue weighted by Gasteiger charge is 2.58. The molecule has 29 heavy (non-hydrogen) atoms. The van der Waals surface area contributed by atoms with Crippen molar-refractivity contribution in [3.8, 4) is 0 Å². The predicted octanol–water partition coefficient (Wildman–Crippen LogP) is 2.99. The highest BCUT2D eigenvalue weighted by Crippen LogP contribution is 2.59. The van der Waals surface area contributed by atoms with E-state index >= 15 is 0 Å². The van der Waals surface area contributed by atoms with Crippen molar-refractivity contribution in [3.05, 3.63) is 53.3 Å². The lowest BCUT2D eigenvalue weighted by atomic mass is 9.90. The Morgan fingerprint density at radius 3 is 2.62 bits per heavy atom. The summed E-state index contributed by atoms with van der Waals surface area (Å²) in [5.74, 6) is -0.498. The zero-order chi connectivity index (χ0) is 20.6. The van der Waals surface area contributed by atoms with Crippen molar-refractivity contribution in [2.45, 2.75) is 32.0 Å². The lowest BCUT2D eigenvalue weighted by Crippen LogP contribution is -2.40. The number of carbonyl (C=O) groups excluding carboxylic acids is 2. The number of piperidine rings is 1. The third kappa shape index (κ3) is 3.86. The van der Waals surface area contributed by atoms with E-state index < -0.39 is 11.7 Å². The van der Waals surface area contributed by atoms with Gasteiger partial charge in [-0.15, -0.1) is 0 Å². The summed E-state index contributed by atoms with van der Waals surface area (Å²) in [7, 11) is 0. The zero-order valence-electron chi connectivity index (χ0n) is 15.6. The molecule has 4 rings (SSSR count). The molecule has 0 radical (unpaired) electrons. The summed E-state index contributed by atoms with van der Waals surface area (Å²) >= 11 is 0. The SMILES string of the molecule is O=C(NCc1ccccc1C(F)(F)F)[C@@H]1CC12CCN(C(=O)c1cn[nH]c1)CC2. The van der Waals surface area contributed by atoms with E-state index in [1.54, 1.807) is 11.1 Å². The number of aromatic nitrogens is 2. The van der Waals surface area contributed by atoms with E-state index in [4.69, 9.17) is 0 Å². The fourth-order valence-electron chi connectivity index (χ4n) is 4.23. The molecule has 1 aromatic carbocycles. The average molecular weight is 406 g/mol. The maximum atomic E-state index is 13.1. The second kappa shape index (κ2) is 7.20. The number of likely N-dealkylation sites (tertiary alicyclic amines) is 1. The third-order valence-electron chi connectivity index (χ3n) is 6.07. The van der Waals surface area contributed by atoms with E-state index in [0.29, 0.717) is 37.9 Å². The van der Waals surface area contributed by atoms with Crippen LogP contribution in [0.3, 0.4) is 0 Å². The van der Waals surface area contributed by atoms with Crippen LogP contribution < -0.4 is 5.32 Å². The first kappa shape index (κ1) is 19.5. The molecule has 154 valence electrons. The van der Waals surface area contributed by atoms with Crippen LogP contribution in [-0.2, 0) is 17.5 Å². The molecule has 6 nitrogen and oxygen atoms in total. The van der Waals surface area contributed by atoms with Crippen LogP contribution in [0.4, 0.5) is 13.2 Å². The van der Waals surface area contributed by atoms with Crippen molar-refractivity contribution in [1.82, 2.24) is 20.4 Å². The molecule has 0 bridgehead atoms. The Labute approximate surface area is 165 Å². The number of benzene rings is 1. The lowest BCUT2D eigenvalue weighted by Gasteiger charge is -2.32. The van der Waals surface area contributed by atoms with Gasteiger partial charge in [0.25, 0.3) is 5.91 Å². The lowest BCUT2D eigenvalue weighted by molar-refractivity contribution is -0.138. The number of hydrogen-bond donors (Lipinski definition) is 2. The van der Waals surface area contributed by atoms with Gasteiger partial charge >= 0.3 is 6.18 Å². The smallest absolute Gasteiger partial charge is 0.352 e. The monoisotopic (exact) mass is 406 g/mol. The van der Waals surface area contributed by atoms with E-state index in [2.05, 4.69) is 15.5 Å². The molecule has 1 spiro atoms. The Bertz CT molecular complexity index is 903. The minimum absolute atomic E-state index is 0.0589. The fraction of sp³-hybridized carbons (Fsp3) is 0.450. The van der Waals surface area contributed by atoms with Crippen LogP contribution in [0.1, 0.15) is 40.7 Å².